The van der Waals surface area contributed by atoms with Gasteiger partial charge in [-0.3, -0.25) is 0 Å². The van der Waals surface area contributed by atoms with Crippen LogP contribution < -0.4 is 0 Å². The summed E-state index contributed by atoms with van der Waals surface area (Å²) in [5.41, 5.74) is 0. The molecule has 0 amide bonds. The highest BCUT2D eigenvalue weighted by molar-refractivity contribution is 6.65. The van der Waals surface area contributed by atoms with E-state index in [9.17, 15) is 4.79 Å². The van der Waals surface area contributed by atoms with Gasteiger partial charge in [-0.2, -0.15) is 0 Å². The molecular weight excluding hydrogens is 246 g/mol. The van der Waals surface area contributed by atoms with E-state index < -0.39 is 8.56 Å². The number of aliphatic imine (C=N–C) groups is 1. The number of isocyanates is 1. The molecule has 0 aromatic rings. The zero-order valence-corrected chi connectivity index (χ0v) is 13.6. The Balaban J connectivity index is 0. The summed E-state index contributed by atoms with van der Waals surface area (Å²) >= 11 is 0. The first-order valence-corrected chi connectivity index (χ1v) is 9.26. The first-order chi connectivity index (χ1) is 8.60. The van der Waals surface area contributed by atoms with E-state index in [2.05, 4.69) is 18.8 Å². The molecule has 0 N–H and O–H groups in total. The molecular formula is C13H29NO3Si. The van der Waals surface area contributed by atoms with Crippen molar-refractivity contribution < 1.29 is 13.6 Å². The van der Waals surface area contributed by atoms with Crippen LogP contribution in [0, 0.1) is 0 Å². The second-order valence-electron chi connectivity index (χ2n) is 4.33. The van der Waals surface area contributed by atoms with Crippen LogP contribution in [-0.4, -0.2) is 35.4 Å². The predicted molar refractivity (Wildman–Crippen MR) is 77.9 cm³/mol. The average Bonchev–Trinajstić information content (AvgIpc) is 2.41. The van der Waals surface area contributed by atoms with Crippen LogP contribution in [0.5, 0.6) is 0 Å². The number of carbonyl (C=O) groups excluding carboxylic acids is 1. The number of hydrogen-bond donors (Lipinski definition) is 0. The molecule has 0 aliphatic carbocycles. The largest absolute Gasteiger partial charge is 0.398 e. The second kappa shape index (κ2) is 14.6. The van der Waals surface area contributed by atoms with Gasteiger partial charge in [0.15, 0.2) is 0 Å². The zero-order chi connectivity index (χ0) is 14.3. The molecule has 0 fully saturated rings. The van der Waals surface area contributed by atoms with Gasteiger partial charge < -0.3 is 8.85 Å². The van der Waals surface area contributed by atoms with E-state index >= 15 is 0 Å². The molecule has 0 unspecified atom stereocenters. The number of unbranched alkanes of at least 4 members (excludes halogenated alkanes) is 3. The SMILES string of the molecule is CCCCCC.CO[Si](C)(CCCN=C=O)OC. The molecule has 0 radical (unpaired) electrons. The van der Waals surface area contributed by atoms with Gasteiger partial charge in [-0.1, -0.05) is 39.5 Å². The van der Waals surface area contributed by atoms with Crippen molar-refractivity contribution in [3.8, 4) is 0 Å². The van der Waals surface area contributed by atoms with E-state index in [1.165, 1.54) is 31.8 Å². The summed E-state index contributed by atoms with van der Waals surface area (Å²) in [5, 5.41) is 0. The van der Waals surface area contributed by atoms with Gasteiger partial charge in [-0.25, -0.2) is 9.79 Å². The molecule has 0 aliphatic heterocycles. The predicted octanol–water partition coefficient (Wildman–Crippen LogP) is 3.66. The van der Waals surface area contributed by atoms with Gasteiger partial charge in [0.25, 0.3) is 0 Å². The van der Waals surface area contributed by atoms with E-state index in [1.54, 1.807) is 14.2 Å². The molecule has 4 nitrogen and oxygen atoms in total. The maximum Gasteiger partial charge on any atom is 0.334 e. The summed E-state index contributed by atoms with van der Waals surface area (Å²) in [5.74, 6) is 0. The normalized spacial score (nSPS) is 10.3. The summed E-state index contributed by atoms with van der Waals surface area (Å²) in [4.78, 5) is 13.2. The van der Waals surface area contributed by atoms with Gasteiger partial charge in [-0.15, -0.1) is 0 Å². The fourth-order valence-electron chi connectivity index (χ4n) is 1.31. The molecule has 0 aromatic carbocycles. The summed E-state index contributed by atoms with van der Waals surface area (Å²) < 4.78 is 10.5. The molecule has 0 saturated carbocycles. The fraction of sp³-hybridized carbons (Fsp3) is 0.923. The quantitative estimate of drug-likeness (QED) is 0.279. The van der Waals surface area contributed by atoms with Crippen molar-refractivity contribution in [2.45, 2.75) is 58.5 Å². The van der Waals surface area contributed by atoms with Gasteiger partial charge in [0.1, 0.15) is 0 Å². The molecule has 18 heavy (non-hydrogen) atoms. The van der Waals surface area contributed by atoms with Crippen molar-refractivity contribution in [3.63, 3.8) is 0 Å². The first kappa shape index (κ1) is 19.8. The Morgan fingerprint density at radius 2 is 1.56 bits per heavy atom. The Morgan fingerprint density at radius 3 is 1.89 bits per heavy atom. The molecule has 0 bridgehead atoms. The summed E-state index contributed by atoms with van der Waals surface area (Å²) in [6.45, 7) is 6.96. The minimum absolute atomic E-state index is 0.513. The van der Waals surface area contributed by atoms with Crippen molar-refractivity contribution in [1.82, 2.24) is 0 Å². The van der Waals surface area contributed by atoms with Crippen LogP contribution in [0.3, 0.4) is 0 Å². The second-order valence-corrected chi connectivity index (χ2v) is 7.91. The van der Waals surface area contributed by atoms with Crippen LogP contribution in [-0.2, 0) is 13.6 Å². The van der Waals surface area contributed by atoms with Gasteiger partial charge in [0.2, 0.25) is 6.08 Å². The lowest BCUT2D eigenvalue weighted by Crippen LogP contribution is -2.35. The summed E-state index contributed by atoms with van der Waals surface area (Å²) in [6, 6.07) is 0.852. The molecule has 108 valence electrons. The Bertz CT molecular complexity index is 210. The van der Waals surface area contributed by atoms with Crippen LogP contribution in [0.4, 0.5) is 0 Å². The minimum Gasteiger partial charge on any atom is -0.398 e. The smallest absolute Gasteiger partial charge is 0.334 e. The number of rotatable bonds is 9. The van der Waals surface area contributed by atoms with E-state index in [0.717, 1.165) is 12.5 Å². The summed E-state index contributed by atoms with van der Waals surface area (Å²) in [7, 11) is 1.37. The van der Waals surface area contributed by atoms with Crippen LogP contribution in [0.25, 0.3) is 0 Å². The molecule has 0 aromatic heterocycles. The van der Waals surface area contributed by atoms with E-state index in [1.807, 2.05) is 6.55 Å². The molecule has 5 heteroatoms. The Kier molecular flexibility index (Phi) is 16.1. The maximum absolute atomic E-state index is 9.73. The van der Waals surface area contributed by atoms with Crippen molar-refractivity contribution >= 4 is 14.6 Å². The van der Waals surface area contributed by atoms with Gasteiger partial charge in [0, 0.05) is 14.2 Å². The highest BCUT2D eigenvalue weighted by Gasteiger charge is 2.27. The fourth-order valence-corrected chi connectivity index (χ4v) is 2.69. The third kappa shape index (κ3) is 13.6. The Hall–Kier alpha value is -0.483. The van der Waals surface area contributed by atoms with E-state index in [-0.39, 0.29) is 0 Å². The van der Waals surface area contributed by atoms with E-state index in [0.29, 0.717) is 6.54 Å². The molecule has 0 rings (SSSR count). The lowest BCUT2D eigenvalue weighted by Gasteiger charge is -2.21. The number of hydrogen-bond acceptors (Lipinski definition) is 4. The third-order valence-corrected chi connectivity index (χ3v) is 5.78. The van der Waals surface area contributed by atoms with Crippen LogP contribution in [0.1, 0.15) is 46.0 Å². The van der Waals surface area contributed by atoms with E-state index in [4.69, 9.17) is 8.85 Å². The lowest BCUT2D eigenvalue weighted by molar-refractivity contribution is 0.249. The van der Waals surface area contributed by atoms with Gasteiger partial charge in [-0.05, 0) is 19.0 Å². The monoisotopic (exact) mass is 275 g/mol. The molecule has 0 heterocycles. The molecule has 0 atom stereocenters. The van der Waals surface area contributed by atoms with Crippen LogP contribution >= 0.6 is 0 Å². The molecule has 0 spiro atoms. The molecule has 0 aliphatic rings. The standard InChI is InChI=1S/C7H15NO3Si.C6H14/c1-10-12(3,11-2)6-4-5-8-7-9;1-3-5-6-4-2/h4-6H2,1-3H3;3-6H2,1-2H3. The van der Waals surface area contributed by atoms with Gasteiger partial charge in [0.05, 0.1) is 6.54 Å². The van der Waals surface area contributed by atoms with Crippen LogP contribution in [0.2, 0.25) is 12.6 Å². The molecule has 0 saturated heterocycles. The van der Waals surface area contributed by atoms with Crippen molar-refractivity contribution in [3.05, 3.63) is 0 Å². The highest BCUT2D eigenvalue weighted by atomic mass is 28.4. The zero-order valence-electron chi connectivity index (χ0n) is 12.6. The minimum atomic E-state index is -1.94. The third-order valence-electron chi connectivity index (χ3n) is 2.79. The average molecular weight is 275 g/mol. The Morgan fingerprint density at radius 1 is 1.06 bits per heavy atom. The number of nitrogens with zero attached hydrogens (tertiary/aromatic N) is 1. The Labute approximate surface area is 113 Å². The lowest BCUT2D eigenvalue weighted by atomic mass is 10.2. The van der Waals surface area contributed by atoms with Crippen molar-refractivity contribution in [2.24, 2.45) is 4.99 Å². The summed E-state index contributed by atoms with van der Waals surface area (Å²) in [6.07, 6.45) is 7.85. The topological polar surface area (TPSA) is 47.9 Å². The van der Waals surface area contributed by atoms with Crippen molar-refractivity contribution in [1.29, 1.82) is 0 Å². The maximum atomic E-state index is 9.73. The van der Waals surface area contributed by atoms with Gasteiger partial charge >= 0.3 is 8.56 Å². The first-order valence-electron chi connectivity index (χ1n) is 6.74. The van der Waals surface area contributed by atoms with Crippen molar-refractivity contribution in [2.75, 3.05) is 20.8 Å². The van der Waals surface area contributed by atoms with Crippen LogP contribution in [0.15, 0.2) is 4.99 Å². The highest BCUT2D eigenvalue weighted by Crippen LogP contribution is 2.13.